The minimum Gasteiger partial charge on any atom is -0.493 e. The summed E-state index contributed by atoms with van der Waals surface area (Å²) < 4.78 is 17.3. The molecule has 2 atom stereocenters. The summed E-state index contributed by atoms with van der Waals surface area (Å²) in [5.74, 6) is 1.95. The van der Waals surface area contributed by atoms with Crippen LogP contribution in [0.2, 0.25) is 5.02 Å². The van der Waals surface area contributed by atoms with Crippen LogP contribution in [0.15, 0.2) is 72.9 Å². The molecule has 1 aliphatic carbocycles. The Morgan fingerprint density at radius 1 is 1.00 bits per heavy atom. The molecular formula is C28H25ClN2O4. The number of nitrogens with one attached hydrogen (secondary N) is 1. The molecule has 0 fully saturated rings. The highest BCUT2D eigenvalue weighted by Gasteiger charge is 2.19. The number of pyridine rings is 1. The third-order valence-electron chi connectivity index (χ3n) is 6.01. The molecule has 0 amide bonds. The van der Waals surface area contributed by atoms with E-state index in [1.807, 2.05) is 48.5 Å². The van der Waals surface area contributed by atoms with Crippen molar-refractivity contribution in [3.63, 3.8) is 0 Å². The second-order valence-corrected chi connectivity index (χ2v) is 8.70. The van der Waals surface area contributed by atoms with Crippen LogP contribution in [0, 0.1) is 0 Å². The zero-order chi connectivity index (χ0) is 24.4. The summed E-state index contributed by atoms with van der Waals surface area (Å²) in [4.78, 5) is 4.45. The third-order valence-corrected chi connectivity index (χ3v) is 6.24. The van der Waals surface area contributed by atoms with Gasteiger partial charge in [0.1, 0.15) is 11.9 Å². The average Bonchev–Trinajstić information content (AvgIpc) is 2.87. The molecule has 0 radical (unpaired) electrons. The van der Waals surface area contributed by atoms with Crippen LogP contribution < -0.4 is 19.5 Å². The molecule has 3 aromatic carbocycles. The number of anilines is 1. The largest absolute Gasteiger partial charge is 0.493 e. The van der Waals surface area contributed by atoms with Crippen LogP contribution in [-0.2, 0) is 6.42 Å². The standard InChI is InChI=1S/C28H25ClN2O4/c1-33-26-15-23-24(16-27(26)34-2)30-11-10-25(23)35-22-9-8-17-6-7-18(12-19(17)13-22)28(32)31-21-5-3-4-20(29)14-21/h3-12,14-16,22,28,31-32H,13H2,1-2H3. The summed E-state index contributed by atoms with van der Waals surface area (Å²) in [7, 11) is 3.21. The van der Waals surface area contributed by atoms with Gasteiger partial charge < -0.3 is 24.6 Å². The highest BCUT2D eigenvalue weighted by molar-refractivity contribution is 6.30. The van der Waals surface area contributed by atoms with Crippen LogP contribution in [0.4, 0.5) is 5.69 Å². The summed E-state index contributed by atoms with van der Waals surface area (Å²) in [6.45, 7) is 0. The lowest BCUT2D eigenvalue weighted by molar-refractivity contribution is 0.208. The number of ether oxygens (including phenoxy) is 3. The maximum absolute atomic E-state index is 10.7. The molecule has 0 saturated heterocycles. The third kappa shape index (κ3) is 4.90. The first-order chi connectivity index (χ1) is 17.0. The Labute approximate surface area is 208 Å². The van der Waals surface area contributed by atoms with E-state index in [9.17, 15) is 5.11 Å². The molecule has 2 unspecified atom stereocenters. The van der Waals surface area contributed by atoms with Crippen molar-refractivity contribution in [2.75, 3.05) is 19.5 Å². The van der Waals surface area contributed by atoms with Crippen LogP contribution >= 0.6 is 11.6 Å². The number of aromatic nitrogens is 1. The van der Waals surface area contributed by atoms with Crippen LogP contribution in [-0.4, -0.2) is 30.4 Å². The first kappa shape index (κ1) is 23.0. The molecule has 35 heavy (non-hydrogen) atoms. The molecule has 2 N–H and O–H groups in total. The molecule has 0 bridgehead atoms. The Kier molecular flexibility index (Phi) is 6.49. The number of fused-ring (bicyclic) bond motifs is 2. The van der Waals surface area contributed by atoms with E-state index in [0.29, 0.717) is 28.7 Å². The highest BCUT2D eigenvalue weighted by Crippen LogP contribution is 2.36. The fourth-order valence-corrected chi connectivity index (χ4v) is 4.43. The SMILES string of the molecule is COc1cc2nccc(OC3C=Cc4ccc(C(O)Nc5cccc(Cl)c5)cc4C3)c2cc1OC. The lowest BCUT2D eigenvalue weighted by Crippen LogP contribution is -2.20. The number of rotatable bonds is 7. The molecular weight excluding hydrogens is 464 g/mol. The van der Waals surface area contributed by atoms with Crippen molar-refractivity contribution in [1.82, 2.24) is 4.98 Å². The number of aliphatic hydroxyl groups excluding tert-OH is 1. The minimum absolute atomic E-state index is 0.172. The van der Waals surface area contributed by atoms with E-state index >= 15 is 0 Å². The Balaban J connectivity index is 1.36. The molecule has 1 heterocycles. The molecule has 5 rings (SSSR count). The van der Waals surface area contributed by atoms with E-state index < -0.39 is 6.23 Å². The Bertz CT molecular complexity index is 1410. The summed E-state index contributed by atoms with van der Waals surface area (Å²) in [6.07, 6.45) is 5.46. The Morgan fingerprint density at radius 2 is 1.83 bits per heavy atom. The number of nitrogens with zero attached hydrogens (tertiary/aromatic N) is 1. The fourth-order valence-electron chi connectivity index (χ4n) is 4.24. The lowest BCUT2D eigenvalue weighted by Gasteiger charge is -2.23. The molecule has 1 aliphatic rings. The van der Waals surface area contributed by atoms with Gasteiger partial charge in [-0.1, -0.05) is 41.9 Å². The maximum atomic E-state index is 10.7. The van der Waals surface area contributed by atoms with Gasteiger partial charge in [-0.3, -0.25) is 4.98 Å². The number of methoxy groups -OCH3 is 2. The topological polar surface area (TPSA) is 72.8 Å². The van der Waals surface area contributed by atoms with E-state index in [0.717, 1.165) is 33.3 Å². The molecule has 178 valence electrons. The van der Waals surface area contributed by atoms with E-state index in [1.165, 1.54) is 0 Å². The zero-order valence-corrected chi connectivity index (χ0v) is 20.1. The van der Waals surface area contributed by atoms with Gasteiger partial charge in [0.15, 0.2) is 17.7 Å². The summed E-state index contributed by atoms with van der Waals surface area (Å²) in [6, 6.07) is 18.8. The van der Waals surface area contributed by atoms with Gasteiger partial charge in [0.25, 0.3) is 0 Å². The number of benzene rings is 3. The second-order valence-electron chi connectivity index (χ2n) is 8.27. The van der Waals surface area contributed by atoms with Gasteiger partial charge in [0.2, 0.25) is 0 Å². The van der Waals surface area contributed by atoms with E-state index in [4.69, 9.17) is 25.8 Å². The fraction of sp³-hybridized carbons (Fsp3) is 0.179. The number of aliphatic hydroxyl groups is 1. The molecule has 6 nitrogen and oxygen atoms in total. The van der Waals surface area contributed by atoms with E-state index in [2.05, 4.69) is 22.5 Å². The second kappa shape index (κ2) is 9.86. The van der Waals surface area contributed by atoms with Crippen molar-refractivity contribution in [2.24, 2.45) is 0 Å². The van der Waals surface area contributed by atoms with Crippen LogP contribution in [0.5, 0.6) is 17.2 Å². The normalized spacial score (nSPS) is 15.4. The van der Waals surface area contributed by atoms with Crippen LogP contribution in [0.3, 0.4) is 0 Å². The van der Waals surface area contributed by atoms with Crippen molar-refractivity contribution >= 4 is 34.3 Å². The van der Waals surface area contributed by atoms with Gasteiger partial charge >= 0.3 is 0 Å². The quantitative estimate of drug-likeness (QED) is 0.310. The number of halogens is 1. The molecule has 0 spiro atoms. The maximum Gasteiger partial charge on any atom is 0.162 e. The lowest BCUT2D eigenvalue weighted by atomic mass is 9.93. The smallest absolute Gasteiger partial charge is 0.162 e. The molecule has 4 aromatic rings. The van der Waals surface area contributed by atoms with Gasteiger partial charge in [0, 0.05) is 40.3 Å². The Morgan fingerprint density at radius 3 is 2.63 bits per heavy atom. The van der Waals surface area contributed by atoms with Crippen molar-refractivity contribution in [3.05, 3.63) is 94.6 Å². The predicted octanol–water partition coefficient (Wildman–Crippen LogP) is 6.03. The van der Waals surface area contributed by atoms with Crippen molar-refractivity contribution in [3.8, 4) is 17.2 Å². The number of hydrogen-bond acceptors (Lipinski definition) is 6. The van der Waals surface area contributed by atoms with Gasteiger partial charge in [-0.2, -0.15) is 0 Å². The predicted molar refractivity (Wildman–Crippen MR) is 138 cm³/mol. The van der Waals surface area contributed by atoms with Gasteiger partial charge in [-0.15, -0.1) is 0 Å². The van der Waals surface area contributed by atoms with E-state index in [-0.39, 0.29) is 6.10 Å². The van der Waals surface area contributed by atoms with Crippen molar-refractivity contribution in [1.29, 1.82) is 0 Å². The van der Waals surface area contributed by atoms with Gasteiger partial charge in [-0.25, -0.2) is 0 Å². The van der Waals surface area contributed by atoms with Crippen LogP contribution in [0.1, 0.15) is 22.9 Å². The monoisotopic (exact) mass is 488 g/mol. The molecule has 1 aromatic heterocycles. The van der Waals surface area contributed by atoms with Crippen molar-refractivity contribution < 1.29 is 19.3 Å². The Hall–Kier alpha value is -3.74. The molecule has 0 aliphatic heterocycles. The first-order valence-corrected chi connectivity index (χ1v) is 11.6. The first-order valence-electron chi connectivity index (χ1n) is 11.2. The van der Waals surface area contributed by atoms with Gasteiger partial charge in [0.05, 0.1) is 19.7 Å². The minimum atomic E-state index is -0.865. The van der Waals surface area contributed by atoms with Gasteiger partial charge in [-0.05, 0) is 47.5 Å². The molecule has 0 saturated carbocycles. The zero-order valence-electron chi connectivity index (χ0n) is 19.4. The summed E-state index contributed by atoms with van der Waals surface area (Å²) in [5.41, 5.74) is 4.48. The number of hydrogen-bond donors (Lipinski definition) is 2. The highest BCUT2D eigenvalue weighted by atomic mass is 35.5. The van der Waals surface area contributed by atoms with Crippen LogP contribution in [0.25, 0.3) is 17.0 Å². The molecule has 7 heteroatoms. The van der Waals surface area contributed by atoms with E-state index in [1.54, 1.807) is 32.5 Å². The average molecular weight is 489 g/mol. The summed E-state index contributed by atoms with van der Waals surface area (Å²) in [5, 5.41) is 15.3. The summed E-state index contributed by atoms with van der Waals surface area (Å²) >= 11 is 6.06. The van der Waals surface area contributed by atoms with Crippen molar-refractivity contribution in [2.45, 2.75) is 18.8 Å².